The van der Waals surface area contributed by atoms with E-state index in [0.717, 1.165) is 21.5 Å². The molecule has 1 aromatic carbocycles. The Hall–Kier alpha value is -0.249. The van der Waals surface area contributed by atoms with Crippen molar-refractivity contribution in [1.29, 1.82) is 0 Å². The summed E-state index contributed by atoms with van der Waals surface area (Å²) in [5.41, 5.74) is 1.15. The molecule has 0 aliphatic heterocycles. The van der Waals surface area contributed by atoms with Crippen LogP contribution in [-0.2, 0) is 21.7 Å². The number of hydrogen-bond acceptors (Lipinski definition) is 0. The standard InChI is InChI=1S/C8H6N.C5H5.C2H6Si.6CH3.2ClH.Ti/c1-2-4-8-7(3-1)5-6-9-8;1-2-4-5-3-1;1-3-2;;;;;;;;;/h1-5,9H;1-3H,4H2;1-2H3;6*1H3;2*1H;/q2*-1;;6*-1;;;. The second-order valence-corrected chi connectivity index (χ2v) is 4.50. The van der Waals surface area contributed by atoms with Crippen molar-refractivity contribution in [1.82, 2.24) is 4.98 Å². The van der Waals surface area contributed by atoms with Gasteiger partial charge in [-0.2, -0.15) is 17.5 Å². The van der Waals surface area contributed by atoms with Crippen molar-refractivity contribution >= 4 is 45.2 Å². The molecule has 2 radical (unpaired) electrons. The van der Waals surface area contributed by atoms with Crippen LogP contribution in [0.25, 0.3) is 10.9 Å². The molecule has 5 heteroatoms. The number of aromatic nitrogens is 1. The summed E-state index contributed by atoms with van der Waals surface area (Å²) in [4.78, 5) is 2.99. The van der Waals surface area contributed by atoms with E-state index in [1.165, 1.54) is 5.39 Å². The Balaban J connectivity index is -0.0000000222. The molecule has 2 aromatic rings. The van der Waals surface area contributed by atoms with Crippen molar-refractivity contribution in [3.05, 3.63) is 105 Å². The maximum atomic E-state index is 2.99. The molecular weight excluding hydrogens is 413 g/mol. The first-order valence-corrected chi connectivity index (χ1v) is 7.62. The van der Waals surface area contributed by atoms with Crippen LogP contribution in [0.4, 0.5) is 0 Å². The van der Waals surface area contributed by atoms with Gasteiger partial charge in [-0.05, 0) is 0 Å². The number of hydrogen-bond donors (Lipinski definition) is 1. The zero-order valence-electron chi connectivity index (χ0n) is 17.6. The molecular formula is C21H37Cl2NSiTi-8. The average molecular weight is 450 g/mol. The van der Waals surface area contributed by atoms with Gasteiger partial charge in [0.15, 0.2) is 0 Å². The van der Waals surface area contributed by atoms with E-state index in [1.807, 2.05) is 36.4 Å². The normalized spacial score (nSPS) is 7.62. The molecule has 1 nitrogen and oxygen atoms in total. The summed E-state index contributed by atoms with van der Waals surface area (Å²) in [6.45, 7) is 4.31. The van der Waals surface area contributed by atoms with Gasteiger partial charge in [-0.15, -0.1) is 55.1 Å². The van der Waals surface area contributed by atoms with Gasteiger partial charge in [0.25, 0.3) is 0 Å². The molecule has 0 unspecified atom stereocenters. The van der Waals surface area contributed by atoms with Crippen LogP contribution in [0.15, 0.2) is 48.6 Å². The number of aromatic amines is 1. The third kappa shape index (κ3) is 26.0. The van der Waals surface area contributed by atoms with Gasteiger partial charge < -0.3 is 49.5 Å². The Kier molecular flexibility index (Phi) is 85.9. The van der Waals surface area contributed by atoms with E-state index >= 15 is 0 Å². The van der Waals surface area contributed by atoms with Crippen molar-refractivity contribution in [2.75, 3.05) is 0 Å². The van der Waals surface area contributed by atoms with Gasteiger partial charge in [0.1, 0.15) is 0 Å². The van der Waals surface area contributed by atoms with Gasteiger partial charge in [-0.1, -0.05) is 25.2 Å². The summed E-state index contributed by atoms with van der Waals surface area (Å²) in [6, 6.07) is 10.1. The summed E-state index contributed by atoms with van der Waals surface area (Å²) in [7, 11) is 1.08. The van der Waals surface area contributed by atoms with Crippen LogP contribution in [0.2, 0.25) is 13.1 Å². The smallest absolute Gasteiger partial charge is 0.0307 e. The first kappa shape index (κ1) is 56.2. The van der Waals surface area contributed by atoms with E-state index in [-0.39, 0.29) is 91.1 Å². The topological polar surface area (TPSA) is 15.8 Å². The fourth-order valence-corrected chi connectivity index (χ4v) is 1.27. The van der Waals surface area contributed by atoms with Crippen LogP contribution < -0.4 is 0 Å². The van der Waals surface area contributed by atoms with Crippen LogP contribution in [0.5, 0.6) is 0 Å². The molecule has 0 saturated heterocycles. The molecule has 0 amide bonds. The maximum Gasteiger partial charge on any atom is 0.0307 e. The van der Waals surface area contributed by atoms with Gasteiger partial charge in [-0.25, -0.2) is 12.2 Å². The largest absolute Gasteiger partial charge is 0.477 e. The number of halogens is 2. The fourth-order valence-electron chi connectivity index (χ4n) is 1.27. The number of fused-ring (bicyclic) bond motifs is 1. The van der Waals surface area contributed by atoms with E-state index in [2.05, 4.69) is 42.5 Å². The van der Waals surface area contributed by atoms with Crippen molar-refractivity contribution in [2.24, 2.45) is 0 Å². The fraction of sp³-hybridized carbons (Fsp3) is 0.143. The van der Waals surface area contributed by atoms with Crippen LogP contribution in [0, 0.1) is 56.8 Å². The Morgan fingerprint density at radius 3 is 1.77 bits per heavy atom. The van der Waals surface area contributed by atoms with Crippen LogP contribution in [0.3, 0.4) is 0 Å². The Morgan fingerprint density at radius 1 is 0.923 bits per heavy atom. The monoisotopic (exact) mass is 449 g/mol. The predicted octanol–water partition coefficient (Wildman–Crippen LogP) is 7.60. The Morgan fingerprint density at radius 2 is 1.42 bits per heavy atom. The molecule has 156 valence electrons. The number of rotatable bonds is 0. The molecule has 0 atom stereocenters. The number of benzene rings is 1. The van der Waals surface area contributed by atoms with Crippen LogP contribution in [0.1, 0.15) is 6.42 Å². The molecule has 0 spiro atoms. The SMILES string of the molecule is C[Si]C.Cl.Cl.[C-]1=CC=CC1.[CH3-].[CH3-].[CH3-].[CH3-].[CH3-].[CH3-].[Ti].[c-]1cc2ccccc2[nH]1. The van der Waals surface area contributed by atoms with Crippen LogP contribution >= 0.6 is 24.8 Å². The Bertz CT molecular complexity index is 445. The molecule has 0 bridgehead atoms. The van der Waals surface area contributed by atoms with Gasteiger partial charge in [0.05, 0.1) is 0 Å². The predicted molar refractivity (Wildman–Crippen MR) is 129 cm³/mol. The van der Waals surface area contributed by atoms with E-state index in [0.29, 0.717) is 0 Å². The van der Waals surface area contributed by atoms with E-state index in [9.17, 15) is 0 Å². The van der Waals surface area contributed by atoms with E-state index in [1.54, 1.807) is 0 Å². The number of allylic oxidation sites excluding steroid dienone is 4. The quantitative estimate of drug-likeness (QED) is 0.314. The first-order chi connectivity index (χ1) is 8.38. The second kappa shape index (κ2) is 39.7. The molecule has 1 aliphatic carbocycles. The molecule has 26 heavy (non-hydrogen) atoms. The average Bonchev–Trinajstić information content (AvgIpc) is 3.05. The van der Waals surface area contributed by atoms with Crippen LogP contribution in [-0.4, -0.2) is 14.5 Å². The molecule has 1 aliphatic rings. The Labute approximate surface area is 196 Å². The molecule has 0 saturated carbocycles. The first-order valence-electron chi connectivity index (χ1n) is 5.62. The van der Waals surface area contributed by atoms with E-state index < -0.39 is 0 Å². The minimum absolute atomic E-state index is 0. The number of nitrogens with one attached hydrogen (secondary N) is 1. The molecule has 1 heterocycles. The summed E-state index contributed by atoms with van der Waals surface area (Å²) in [5.74, 6) is 0. The summed E-state index contributed by atoms with van der Waals surface area (Å²) in [5, 5.41) is 1.22. The molecule has 1 N–H and O–H groups in total. The third-order valence-corrected chi connectivity index (χ3v) is 1.98. The summed E-state index contributed by atoms with van der Waals surface area (Å²) < 4.78 is 0. The van der Waals surface area contributed by atoms with E-state index in [4.69, 9.17) is 0 Å². The minimum atomic E-state index is 0. The van der Waals surface area contributed by atoms with Gasteiger partial charge in [-0.3, -0.25) is 6.08 Å². The van der Waals surface area contributed by atoms with Crippen molar-refractivity contribution in [2.45, 2.75) is 19.5 Å². The minimum Gasteiger partial charge on any atom is -0.477 e. The van der Waals surface area contributed by atoms with Gasteiger partial charge in [0.2, 0.25) is 0 Å². The van der Waals surface area contributed by atoms with Gasteiger partial charge >= 0.3 is 0 Å². The van der Waals surface area contributed by atoms with Crippen molar-refractivity contribution < 1.29 is 21.7 Å². The maximum absolute atomic E-state index is 2.99. The molecule has 1 aromatic heterocycles. The second-order valence-electron chi connectivity index (χ2n) is 3.50. The summed E-state index contributed by atoms with van der Waals surface area (Å²) >= 11 is 0. The molecule has 0 fully saturated rings. The number of para-hydroxylation sites is 1. The zero-order chi connectivity index (χ0) is 12.3. The third-order valence-electron chi connectivity index (χ3n) is 1.98. The zero-order valence-corrected chi connectivity index (χ0v) is 21.8. The van der Waals surface area contributed by atoms with Crippen molar-refractivity contribution in [3.63, 3.8) is 0 Å². The summed E-state index contributed by atoms with van der Waals surface area (Å²) in [6.07, 6.45) is 12.9. The number of H-pyrrole nitrogens is 1. The molecule has 3 rings (SSSR count). The van der Waals surface area contributed by atoms with Crippen molar-refractivity contribution in [3.8, 4) is 0 Å². The van der Waals surface area contributed by atoms with Gasteiger partial charge in [0, 0.05) is 31.2 Å².